The van der Waals surface area contributed by atoms with Crippen LogP contribution < -0.4 is 29.2 Å². The van der Waals surface area contributed by atoms with Crippen molar-refractivity contribution in [3.05, 3.63) is 78.0 Å². The quantitative estimate of drug-likeness (QED) is 0.282. The molecule has 2 aromatic carbocycles. The minimum atomic E-state index is -0.922. The molecule has 224 valence electrons. The smallest absolute Gasteiger partial charge is 0.416 e. The first-order chi connectivity index (χ1) is 20.9. The third kappa shape index (κ3) is 6.89. The molecule has 5 rings (SSSR count). The van der Waals surface area contributed by atoms with E-state index < -0.39 is 12.1 Å². The number of carbonyl (C=O) groups is 2. The van der Waals surface area contributed by atoms with E-state index in [9.17, 15) is 9.59 Å². The highest BCUT2D eigenvalue weighted by Gasteiger charge is 2.37. The number of amides is 2. The van der Waals surface area contributed by atoms with E-state index in [1.807, 2.05) is 4.90 Å². The number of aromatic nitrogens is 4. The zero-order chi connectivity index (χ0) is 30.3. The number of methoxy groups -OCH3 is 3. The predicted molar refractivity (Wildman–Crippen MR) is 157 cm³/mol. The van der Waals surface area contributed by atoms with Gasteiger partial charge in [0.1, 0.15) is 46.3 Å². The van der Waals surface area contributed by atoms with Gasteiger partial charge in [-0.3, -0.25) is 14.3 Å². The van der Waals surface area contributed by atoms with Crippen LogP contribution in [0.4, 0.5) is 10.6 Å². The van der Waals surface area contributed by atoms with E-state index in [2.05, 4.69) is 20.3 Å². The Morgan fingerprint density at radius 2 is 1.70 bits per heavy atom. The summed E-state index contributed by atoms with van der Waals surface area (Å²) in [6.45, 7) is 0.833. The maximum atomic E-state index is 13.7. The lowest BCUT2D eigenvalue weighted by Gasteiger charge is -2.40. The number of halogens is 1. The summed E-state index contributed by atoms with van der Waals surface area (Å²) >= 11 is 6.34. The Morgan fingerprint density at radius 3 is 2.40 bits per heavy atom. The molecule has 0 aliphatic carbocycles. The second-order valence-electron chi connectivity index (χ2n) is 9.41. The van der Waals surface area contributed by atoms with Crippen molar-refractivity contribution in [3.8, 4) is 28.9 Å². The average molecular weight is 608 g/mol. The van der Waals surface area contributed by atoms with E-state index in [1.165, 1.54) is 4.90 Å². The van der Waals surface area contributed by atoms with Crippen molar-refractivity contribution < 1.29 is 28.5 Å². The van der Waals surface area contributed by atoms with Crippen molar-refractivity contribution in [2.24, 2.45) is 0 Å². The van der Waals surface area contributed by atoms with Crippen LogP contribution in [0.3, 0.4) is 0 Å². The Labute approximate surface area is 252 Å². The zero-order valence-electron chi connectivity index (χ0n) is 23.8. The van der Waals surface area contributed by atoms with Crippen molar-refractivity contribution in [2.45, 2.75) is 12.6 Å². The molecule has 1 aliphatic heterocycles. The molecule has 13 nitrogen and oxygen atoms in total. The SMILES string of the molecule is COc1ccc(OC(=O)N2CCN(c3cc(Cl)nc(-n4ccnc4)n3)CC2C(=O)NCc2ccc(OC)cc2OC)cc1. The number of carbonyl (C=O) groups excluding carboxylic acids is 2. The third-order valence-corrected chi connectivity index (χ3v) is 7.05. The molecule has 1 fully saturated rings. The van der Waals surface area contributed by atoms with Gasteiger partial charge in [0.2, 0.25) is 11.9 Å². The summed E-state index contributed by atoms with van der Waals surface area (Å²) in [5.74, 6) is 2.57. The molecular weight excluding hydrogens is 578 g/mol. The summed E-state index contributed by atoms with van der Waals surface area (Å²) in [6, 6.07) is 12.6. The molecule has 0 bridgehead atoms. The number of nitrogens with zero attached hydrogens (tertiary/aromatic N) is 6. The highest BCUT2D eigenvalue weighted by molar-refractivity contribution is 6.29. The van der Waals surface area contributed by atoms with Crippen molar-refractivity contribution in [2.75, 3.05) is 45.9 Å². The summed E-state index contributed by atoms with van der Waals surface area (Å²) in [4.78, 5) is 43.3. The Morgan fingerprint density at radius 1 is 0.953 bits per heavy atom. The first-order valence-electron chi connectivity index (χ1n) is 13.3. The highest BCUT2D eigenvalue weighted by Crippen LogP contribution is 2.26. The summed E-state index contributed by atoms with van der Waals surface area (Å²) in [5, 5.41) is 3.16. The first kappa shape index (κ1) is 29.5. The van der Waals surface area contributed by atoms with Crippen LogP contribution in [0.25, 0.3) is 5.95 Å². The molecule has 2 aromatic heterocycles. The first-order valence-corrected chi connectivity index (χ1v) is 13.6. The van der Waals surface area contributed by atoms with E-state index >= 15 is 0 Å². The number of piperazine rings is 1. The van der Waals surface area contributed by atoms with Gasteiger partial charge in [-0.25, -0.2) is 14.8 Å². The van der Waals surface area contributed by atoms with E-state index in [0.717, 1.165) is 5.56 Å². The predicted octanol–water partition coefficient (Wildman–Crippen LogP) is 3.35. The molecule has 3 heterocycles. The van der Waals surface area contributed by atoms with Crippen molar-refractivity contribution in [3.63, 3.8) is 0 Å². The van der Waals surface area contributed by atoms with Gasteiger partial charge in [-0.2, -0.15) is 4.98 Å². The summed E-state index contributed by atoms with van der Waals surface area (Å²) < 4.78 is 23.2. The van der Waals surface area contributed by atoms with E-state index in [1.54, 1.807) is 93.1 Å². The van der Waals surface area contributed by atoms with Crippen LogP contribution in [0.1, 0.15) is 5.56 Å². The molecule has 1 atom stereocenters. The molecule has 1 saturated heterocycles. The van der Waals surface area contributed by atoms with Crippen molar-refractivity contribution in [1.29, 1.82) is 0 Å². The number of nitrogens with one attached hydrogen (secondary N) is 1. The van der Waals surface area contributed by atoms with Crippen LogP contribution in [-0.4, -0.2) is 83.4 Å². The monoisotopic (exact) mass is 607 g/mol. The van der Waals surface area contributed by atoms with Gasteiger partial charge in [0.05, 0.1) is 21.3 Å². The zero-order valence-corrected chi connectivity index (χ0v) is 24.5. The second kappa shape index (κ2) is 13.3. The molecule has 1 N–H and O–H groups in total. The minimum Gasteiger partial charge on any atom is -0.497 e. The highest BCUT2D eigenvalue weighted by atomic mass is 35.5. The minimum absolute atomic E-state index is 0.125. The number of hydrogen-bond donors (Lipinski definition) is 1. The maximum Gasteiger partial charge on any atom is 0.416 e. The summed E-state index contributed by atoms with van der Waals surface area (Å²) in [6.07, 6.45) is 4.21. The molecule has 0 saturated carbocycles. The summed E-state index contributed by atoms with van der Waals surface area (Å²) in [7, 11) is 4.66. The van der Waals surface area contributed by atoms with Gasteiger partial charge in [0.25, 0.3) is 0 Å². The Bertz CT molecular complexity index is 1570. The lowest BCUT2D eigenvalue weighted by Crippen LogP contribution is -2.61. The Hall–Kier alpha value is -5.04. The number of imidazole rings is 1. The molecule has 0 radical (unpaired) electrons. The van der Waals surface area contributed by atoms with Gasteiger partial charge in [-0.05, 0) is 36.4 Å². The van der Waals surface area contributed by atoms with Crippen LogP contribution in [0, 0.1) is 0 Å². The largest absolute Gasteiger partial charge is 0.497 e. The normalized spacial score (nSPS) is 14.7. The topological polar surface area (TPSA) is 133 Å². The molecule has 1 aliphatic rings. The third-order valence-electron chi connectivity index (χ3n) is 6.86. The van der Waals surface area contributed by atoms with Crippen LogP contribution in [-0.2, 0) is 11.3 Å². The van der Waals surface area contributed by atoms with Gasteiger partial charge >= 0.3 is 6.09 Å². The number of rotatable bonds is 9. The molecule has 0 spiro atoms. The van der Waals surface area contributed by atoms with Crippen LogP contribution in [0.15, 0.2) is 67.3 Å². The fourth-order valence-electron chi connectivity index (χ4n) is 4.58. The summed E-state index contributed by atoms with van der Waals surface area (Å²) in [5.41, 5.74) is 0.740. The van der Waals surface area contributed by atoms with Crippen molar-refractivity contribution in [1.82, 2.24) is 29.7 Å². The van der Waals surface area contributed by atoms with Gasteiger partial charge < -0.3 is 29.2 Å². The molecule has 1 unspecified atom stereocenters. The number of hydrogen-bond acceptors (Lipinski definition) is 10. The van der Waals surface area contributed by atoms with Gasteiger partial charge in [0.15, 0.2) is 0 Å². The molecule has 2 amide bonds. The van der Waals surface area contributed by atoms with Gasteiger partial charge in [0, 0.05) is 56.3 Å². The van der Waals surface area contributed by atoms with E-state index in [-0.39, 0.29) is 30.7 Å². The fourth-order valence-corrected chi connectivity index (χ4v) is 4.76. The van der Waals surface area contributed by atoms with E-state index in [0.29, 0.717) is 41.3 Å². The molecule has 4 aromatic rings. The lowest BCUT2D eigenvalue weighted by molar-refractivity contribution is -0.126. The fraction of sp³-hybridized carbons (Fsp3) is 0.276. The van der Waals surface area contributed by atoms with Gasteiger partial charge in [-0.15, -0.1) is 0 Å². The molecule has 14 heteroatoms. The number of anilines is 1. The number of benzene rings is 2. The maximum absolute atomic E-state index is 13.7. The van der Waals surface area contributed by atoms with Crippen LogP contribution >= 0.6 is 11.6 Å². The Kier molecular flexibility index (Phi) is 9.11. The lowest BCUT2D eigenvalue weighted by atomic mass is 10.1. The molecule has 43 heavy (non-hydrogen) atoms. The van der Waals surface area contributed by atoms with Crippen molar-refractivity contribution >= 4 is 29.4 Å². The van der Waals surface area contributed by atoms with Crippen LogP contribution in [0.2, 0.25) is 5.15 Å². The average Bonchev–Trinajstić information content (AvgIpc) is 3.59. The van der Waals surface area contributed by atoms with E-state index in [4.69, 9.17) is 30.5 Å². The van der Waals surface area contributed by atoms with Crippen LogP contribution in [0.5, 0.6) is 23.0 Å². The molecular formula is C29H30ClN7O6. The second-order valence-corrected chi connectivity index (χ2v) is 9.80. The van der Waals surface area contributed by atoms with Gasteiger partial charge in [-0.1, -0.05) is 11.6 Å². The number of ether oxygens (including phenoxy) is 4. The Balaban J connectivity index is 1.38. The standard InChI is InChI=1S/C29H30ClN7O6/c1-40-20-6-8-21(9-7-20)43-29(39)37-13-12-35(26-15-25(30)33-28(34-26)36-11-10-31-18-36)17-23(37)27(38)32-16-19-4-5-22(41-2)14-24(19)42-3/h4-11,14-15,18,23H,12-13,16-17H2,1-3H3,(H,32,38).